The molecule has 0 saturated carbocycles. The summed E-state index contributed by atoms with van der Waals surface area (Å²) >= 11 is 0. The number of para-hydroxylation sites is 2. The smallest absolute Gasteiger partial charge is 0.268 e. The van der Waals surface area contributed by atoms with Crippen molar-refractivity contribution in [3.8, 4) is 11.4 Å². The van der Waals surface area contributed by atoms with Gasteiger partial charge in [0.2, 0.25) is 0 Å². The van der Waals surface area contributed by atoms with Crippen LogP contribution in [-0.4, -0.2) is 41.6 Å². The van der Waals surface area contributed by atoms with Crippen LogP contribution in [0.15, 0.2) is 64.1 Å². The summed E-state index contributed by atoms with van der Waals surface area (Å²) in [5.41, 5.74) is 1.09. The number of furan rings is 1. The first kappa shape index (κ1) is 20.9. The topological polar surface area (TPSA) is 76.7 Å². The molecule has 0 bridgehead atoms. The predicted octanol–water partition coefficient (Wildman–Crippen LogP) is 3.14. The van der Waals surface area contributed by atoms with Crippen molar-refractivity contribution < 1.29 is 13.9 Å². The van der Waals surface area contributed by atoms with Gasteiger partial charge < -0.3 is 14.5 Å². The molecule has 1 fully saturated rings. The van der Waals surface area contributed by atoms with Crippen molar-refractivity contribution in [2.24, 2.45) is 0 Å². The molecule has 3 aromatic rings. The van der Waals surface area contributed by atoms with Gasteiger partial charge in [0, 0.05) is 25.3 Å². The van der Waals surface area contributed by atoms with Crippen molar-refractivity contribution in [1.29, 1.82) is 0 Å². The molecule has 1 amide bonds. The number of nitrogens with zero attached hydrogens (tertiary/aromatic N) is 2. The number of ether oxygens (including phenoxy) is 1. The molecule has 0 radical (unpaired) electrons. The zero-order valence-electron chi connectivity index (χ0n) is 17.8. The number of rotatable bonds is 6. The number of aromatic nitrogens is 1. The molecule has 0 atom stereocenters. The maximum Gasteiger partial charge on any atom is 0.268 e. The van der Waals surface area contributed by atoms with Crippen molar-refractivity contribution in [2.45, 2.75) is 32.4 Å². The van der Waals surface area contributed by atoms with Crippen LogP contribution in [0, 0.1) is 6.92 Å². The first-order valence-corrected chi connectivity index (χ1v) is 10.5. The lowest BCUT2D eigenvalue weighted by Crippen LogP contribution is -2.45. The molecule has 0 unspecified atom stereocenters. The van der Waals surface area contributed by atoms with Crippen molar-refractivity contribution in [1.82, 2.24) is 14.8 Å². The molecule has 1 aromatic carbocycles. The highest BCUT2D eigenvalue weighted by Crippen LogP contribution is 2.21. The number of aryl methyl sites for hydroxylation is 1. The van der Waals surface area contributed by atoms with E-state index in [9.17, 15) is 9.59 Å². The van der Waals surface area contributed by atoms with Gasteiger partial charge in [-0.1, -0.05) is 12.1 Å². The van der Waals surface area contributed by atoms with E-state index in [4.69, 9.17) is 9.15 Å². The van der Waals surface area contributed by atoms with E-state index in [0.29, 0.717) is 17.0 Å². The molecular formula is C24H27N3O4. The molecule has 2 aromatic heterocycles. The molecule has 7 heteroatoms. The third-order valence-corrected chi connectivity index (χ3v) is 5.75. The number of pyridine rings is 1. The second-order valence-corrected chi connectivity index (χ2v) is 7.82. The van der Waals surface area contributed by atoms with E-state index in [1.54, 1.807) is 44.7 Å². The van der Waals surface area contributed by atoms with Crippen molar-refractivity contribution >= 4 is 5.91 Å². The maximum absolute atomic E-state index is 13.2. The number of carbonyl (C=O) groups excluding carboxylic acids is 1. The fraction of sp³-hybridized carbons (Fsp3) is 0.333. The monoisotopic (exact) mass is 421 g/mol. The highest BCUT2D eigenvalue weighted by Gasteiger charge is 2.24. The Morgan fingerprint density at radius 1 is 1.16 bits per heavy atom. The first-order chi connectivity index (χ1) is 15.1. The molecule has 0 aliphatic carbocycles. The van der Waals surface area contributed by atoms with Crippen LogP contribution in [0.4, 0.5) is 0 Å². The number of carbonyl (C=O) groups is 1. The lowest BCUT2D eigenvalue weighted by Gasteiger charge is -2.31. The number of piperidine rings is 1. The highest BCUT2D eigenvalue weighted by atomic mass is 16.5. The number of benzene rings is 1. The van der Waals surface area contributed by atoms with E-state index in [2.05, 4.69) is 10.2 Å². The van der Waals surface area contributed by atoms with Crippen LogP contribution in [0.1, 0.15) is 34.5 Å². The fourth-order valence-electron chi connectivity index (χ4n) is 4.04. The van der Waals surface area contributed by atoms with Gasteiger partial charge in [-0.2, -0.15) is 0 Å². The molecule has 0 spiro atoms. The van der Waals surface area contributed by atoms with Gasteiger partial charge in [-0.15, -0.1) is 0 Å². The lowest BCUT2D eigenvalue weighted by molar-refractivity contribution is 0.0904. The molecular weight excluding hydrogens is 394 g/mol. The van der Waals surface area contributed by atoms with Crippen molar-refractivity contribution in [3.63, 3.8) is 0 Å². The number of hydrogen-bond donors (Lipinski definition) is 1. The van der Waals surface area contributed by atoms with Gasteiger partial charge in [0.15, 0.2) is 0 Å². The number of likely N-dealkylation sites (tertiary alicyclic amines) is 1. The fourth-order valence-corrected chi connectivity index (χ4v) is 4.04. The Morgan fingerprint density at radius 3 is 2.65 bits per heavy atom. The number of amides is 1. The largest absolute Gasteiger partial charge is 0.495 e. The van der Waals surface area contributed by atoms with Gasteiger partial charge in [-0.25, -0.2) is 0 Å². The average Bonchev–Trinajstić information content (AvgIpc) is 3.28. The summed E-state index contributed by atoms with van der Waals surface area (Å²) in [6.45, 7) is 4.29. The molecule has 1 saturated heterocycles. The molecule has 7 nitrogen and oxygen atoms in total. The molecule has 162 valence electrons. The predicted molar refractivity (Wildman–Crippen MR) is 118 cm³/mol. The van der Waals surface area contributed by atoms with Gasteiger partial charge in [0.05, 0.1) is 25.6 Å². The molecule has 3 heterocycles. The second kappa shape index (κ2) is 9.22. The number of nitrogens with one attached hydrogen (secondary N) is 1. The molecule has 4 rings (SSSR count). The minimum atomic E-state index is -0.350. The summed E-state index contributed by atoms with van der Waals surface area (Å²) in [6.07, 6.45) is 5.03. The maximum atomic E-state index is 13.2. The summed E-state index contributed by atoms with van der Waals surface area (Å²) in [7, 11) is 1.56. The Bertz CT molecular complexity index is 1100. The Kier molecular flexibility index (Phi) is 6.23. The first-order valence-electron chi connectivity index (χ1n) is 10.5. The second-order valence-electron chi connectivity index (χ2n) is 7.82. The Labute approximate surface area is 181 Å². The summed E-state index contributed by atoms with van der Waals surface area (Å²) < 4.78 is 12.3. The Balaban J connectivity index is 1.47. The van der Waals surface area contributed by atoms with Crippen LogP contribution in [0.3, 0.4) is 0 Å². The summed E-state index contributed by atoms with van der Waals surface area (Å²) in [5, 5.41) is 3.07. The zero-order chi connectivity index (χ0) is 21.8. The van der Waals surface area contributed by atoms with Crippen LogP contribution in [0.2, 0.25) is 0 Å². The van der Waals surface area contributed by atoms with Crippen LogP contribution < -0.4 is 15.6 Å². The number of hydrogen-bond acceptors (Lipinski definition) is 5. The standard InChI is InChI=1S/C24H27N3O4/c1-17-9-14-27(20-7-3-4-8-21(20)30-2)24(29)22(17)23(28)25-18-10-12-26(13-11-18)16-19-6-5-15-31-19/h3-9,14-15,18H,10-13,16H2,1-2H3,(H,25,28). The number of methoxy groups -OCH3 is 1. The lowest BCUT2D eigenvalue weighted by atomic mass is 10.0. The van der Waals surface area contributed by atoms with Crippen LogP contribution in [0.25, 0.3) is 5.69 Å². The normalized spacial score (nSPS) is 15.0. The van der Waals surface area contributed by atoms with E-state index in [1.807, 2.05) is 24.3 Å². The third-order valence-electron chi connectivity index (χ3n) is 5.75. The summed E-state index contributed by atoms with van der Waals surface area (Å²) in [5.74, 6) is 1.19. The van der Waals surface area contributed by atoms with Gasteiger partial charge >= 0.3 is 0 Å². The minimum Gasteiger partial charge on any atom is -0.495 e. The Hall–Kier alpha value is -3.32. The van der Waals surface area contributed by atoms with Gasteiger partial charge in [0.25, 0.3) is 11.5 Å². The van der Waals surface area contributed by atoms with Crippen LogP contribution >= 0.6 is 0 Å². The van der Waals surface area contributed by atoms with E-state index in [0.717, 1.165) is 38.2 Å². The van der Waals surface area contributed by atoms with Crippen molar-refractivity contribution in [2.75, 3.05) is 20.2 Å². The van der Waals surface area contributed by atoms with Crippen LogP contribution in [0.5, 0.6) is 5.75 Å². The highest BCUT2D eigenvalue weighted by molar-refractivity contribution is 5.95. The molecule has 1 aliphatic heterocycles. The molecule has 31 heavy (non-hydrogen) atoms. The average molecular weight is 421 g/mol. The Morgan fingerprint density at radius 2 is 1.94 bits per heavy atom. The van der Waals surface area contributed by atoms with Crippen LogP contribution in [-0.2, 0) is 6.54 Å². The minimum absolute atomic E-state index is 0.0408. The summed E-state index contributed by atoms with van der Waals surface area (Å²) in [4.78, 5) is 28.6. The van der Waals surface area contributed by atoms with Gasteiger partial charge in [0.1, 0.15) is 17.1 Å². The zero-order valence-corrected chi connectivity index (χ0v) is 17.8. The molecule has 1 aliphatic rings. The quantitative estimate of drug-likeness (QED) is 0.662. The van der Waals surface area contributed by atoms with Crippen molar-refractivity contribution in [3.05, 3.63) is 82.2 Å². The van der Waals surface area contributed by atoms with Gasteiger partial charge in [-0.05, 0) is 55.7 Å². The van der Waals surface area contributed by atoms with E-state index < -0.39 is 0 Å². The van der Waals surface area contributed by atoms with Gasteiger partial charge in [-0.3, -0.25) is 19.1 Å². The summed E-state index contributed by atoms with van der Waals surface area (Å²) in [6, 6.07) is 13.0. The van der Waals surface area contributed by atoms with E-state index in [-0.39, 0.29) is 23.1 Å². The molecule has 1 N–H and O–H groups in total. The SMILES string of the molecule is COc1ccccc1-n1ccc(C)c(C(=O)NC2CCN(Cc3ccco3)CC2)c1=O. The van der Waals surface area contributed by atoms with E-state index >= 15 is 0 Å². The third kappa shape index (κ3) is 4.56. The van der Waals surface area contributed by atoms with E-state index in [1.165, 1.54) is 4.57 Å².